The molecule has 3 rings (SSSR count). The number of halogens is 2. The highest BCUT2D eigenvalue weighted by atomic mass is 32.1. The number of anilines is 1. The van der Waals surface area contributed by atoms with Crippen molar-refractivity contribution in [2.75, 3.05) is 11.5 Å². The number of benzene rings is 1. The smallest absolute Gasteiger partial charge is 0.350 e. The van der Waals surface area contributed by atoms with Crippen molar-refractivity contribution < 1.29 is 23.1 Å². The third kappa shape index (κ3) is 4.80. The molecule has 0 bridgehead atoms. The average molecular weight is 417 g/mol. The number of esters is 1. The summed E-state index contributed by atoms with van der Waals surface area (Å²) in [7, 11) is 0. The molecule has 9 heteroatoms. The molecule has 0 unspecified atom stereocenters. The lowest BCUT2D eigenvalue weighted by molar-refractivity contribution is 0.0531. The minimum Gasteiger partial charge on any atom is -0.462 e. The van der Waals surface area contributed by atoms with Gasteiger partial charge in [-0.05, 0) is 37.6 Å². The van der Waals surface area contributed by atoms with Crippen LogP contribution in [0.3, 0.4) is 0 Å². The zero-order valence-corrected chi connectivity index (χ0v) is 16.5. The molecule has 29 heavy (non-hydrogen) atoms. The second-order valence-electron chi connectivity index (χ2n) is 6.02. The minimum absolute atomic E-state index is 0.0538. The van der Waals surface area contributed by atoms with Crippen molar-refractivity contribution in [3.05, 3.63) is 76.1 Å². The lowest BCUT2D eigenvalue weighted by atomic mass is 10.2. The maximum Gasteiger partial charge on any atom is 0.350 e. The van der Waals surface area contributed by atoms with Gasteiger partial charge in [-0.15, -0.1) is 0 Å². The van der Waals surface area contributed by atoms with E-state index in [2.05, 4.69) is 9.97 Å². The summed E-state index contributed by atoms with van der Waals surface area (Å²) in [5, 5.41) is 0.247. The Morgan fingerprint density at radius 3 is 2.55 bits per heavy atom. The van der Waals surface area contributed by atoms with Crippen LogP contribution in [0.15, 0.2) is 42.6 Å². The van der Waals surface area contributed by atoms with Gasteiger partial charge in [0.1, 0.15) is 10.7 Å². The first-order chi connectivity index (χ1) is 13.9. The first kappa shape index (κ1) is 20.5. The van der Waals surface area contributed by atoms with Crippen molar-refractivity contribution in [3.63, 3.8) is 0 Å². The van der Waals surface area contributed by atoms with Gasteiger partial charge in [-0.2, -0.15) is 4.39 Å². The van der Waals surface area contributed by atoms with Crippen molar-refractivity contribution in [1.29, 1.82) is 0 Å². The molecule has 0 saturated heterocycles. The number of rotatable bonds is 6. The predicted molar refractivity (Wildman–Crippen MR) is 104 cm³/mol. The second kappa shape index (κ2) is 8.87. The van der Waals surface area contributed by atoms with Crippen LogP contribution >= 0.6 is 11.3 Å². The van der Waals surface area contributed by atoms with Crippen LogP contribution in [0.2, 0.25) is 0 Å². The molecule has 150 valence electrons. The minimum atomic E-state index is -0.792. The van der Waals surface area contributed by atoms with E-state index >= 15 is 0 Å². The molecule has 0 spiro atoms. The van der Waals surface area contributed by atoms with Crippen LogP contribution < -0.4 is 4.90 Å². The molecule has 0 N–H and O–H groups in total. The van der Waals surface area contributed by atoms with Crippen LogP contribution in [-0.2, 0) is 11.3 Å². The third-order valence-electron chi connectivity index (χ3n) is 3.95. The number of nitrogens with zero attached hydrogens (tertiary/aromatic N) is 3. The molecule has 1 aromatic carbocycles. The van der Waals surface area contributed by atoms with E-state index in [0.29, 0.717) is 11.3 Å². The first-order valence-electron chi connectivity index (χ1n) is 8.71. The highest BCUT2D eigenvalue weighted by molar-refractivity contribution is 7.17. The van der Waals surface area contributed by atoms with Crippen molar-refractivity contribution in [2.45, 2.75) is 20.4 Å². The van der Waals surface area contributed by atoms with E-state index in [1.807, 2.05) is 0 Å². The number of pyridine rings is 1. The average Bonchev–Trinajstić information content (AvgIpc) is 3.08. The fraction of sp³-hybridized carbons (Fsp3) is 0.200. The molecular formula is C20H17F2N3O3S. The number of hydrogen-bond acceptors (Lipinski definition) is 6. The molecule has 3 aromatic rings. The van der Waals surface area contributed by atoms with Gasteiger partial charge < -0.3 is 4.74 Å². The standard InChI is InChI=1S/C20H17F2N3O3S/c1-3-28-19(27)17-12(2)24-20(29-17)25(11-13-4-6-15(21)7-5-13)18(26)14-8-9-23-16(22)10-14/h4-10H,3,11H2,1-2H3. The summed E-state index contributed by atoms with van der Waals surface area (Å²) in [6.07, 6.45) is 1.19. The van der Waals surface area contributed by atoms with Crippen LogP contribution in [-0.4, -0.2) is 28.5 Å². The summed E-state index contributed by atoms with van der Waals surface area (Å²) >= 11 is 1.00. The summed E-state index contributed by atoms with van der Waals surface area (Å²) in [6, 6.07) is 8.04. The molecule has 0 aliphatic heterocycles. The van der Waals surface area contributed by atoms with E-state index in [9.17, 15) is 18.4 Å². The highest BCUT2D eigenvalue weighted by Crippen LogP contribution is 2.29. The third-order valence-corrected chi connectivity index (χ3v) is 5.11. The van der Waals surface area contributed by atoms with Gasteiger partial charge in [0, 0.05) is 17.8 Å². The second-order valence-corrected chi connectivity index (χ2v) is 6.99. The Hall–Kier alpha value is -3.20. The SMILES string of the molecule is CCOC(=O)c1sc(N(Cc2ccc(F)cc2)C(=O)c2ccnc(F)c2)nc1C. The summed E-state index contributed by atoms with van der Waals surface area (Å²) in [5.41, 5.74) is 1.13. The number of aryl methyl sites for hydroxylation is 1. The van der Waals surface area contributed by atoms with Crippen molar-refractivity contribution in [2.24, 2.45) is 0 Å². The van der Waals surface area contributed by atoms with Gasteiger partial charge in [0.05, 0.1) is 18.8 Å². The van der Waals surface area contributed by atoms with Crippen LogP contribution in [0.5, 0.6) is 0 Å². The summed E-state index contributed by atoms with van der Waals surface area (Å²) in [4.78, 5) is 34.6. The molecule has 0 aliphatic carbocycles. The lowest BCUT2D eigenvalue weighted by Crippen LogP contribution is -2.30. The van der Waals surface area contributed by atoms with Crippen molar-refractivity contribution in [1.82, 2.24) is 9.97 Å². The van der Waals surface area contributed by atoms with Gasteiger partial charge in [-0.1, -0.05) is 23.5 Å². The predicted octanol–water partition coefficient (Wildman–Crippen LogP) is 4.15. The number of aromatic nitrogens is 2. The number of carbonyl (C=O) groups excluding carboxylic acids is 2. The van der Waals surface area contributed by atoms with E-state index in [1.165, 1.54) is 41.4 Å². The topological polar surface area (TPSA) is 72.4 Å². The zero-order valence-electron chi connectivity index (χ0n) is 15.7. The number of carbonyl (C=O) groups is 2. The normalized spacial score (nSPS) is 10.6. The molecule has 2 heterocycles. The fourth-order valence-corrected chi connectivity index (χ4v) is 3.53. The number of ether oxygens (including phenoxy) is 1. The Morgan fingerprint density at radius 2 is 1.90 bits per heavy atom. The molecule has 0 fully saturated rings. The van der Waals surface area contributed by atoms with Crippen LogP contribution in [0.25, 0.3) is 0 Å². The molecule has 0 saturated carbocycles. The van der Waals surface area contributed by atoms with Gasteiger partial charge in [0.15, 0.2) is 5.13 Å². The Bertz CT molecular complexity index is 1040. The van der Waals surface area contributed by atoms with Crippen LogP contribution in [0, 0.1) is 18.7 Å². The summed E-state index contributed by atoms with van der Waals surface area (Å²) in [5.74, 6) is -2.25. The molecule has 0 atom stereocenters. The quantitative estimate of drug-likeness (QED) is 0.445. The number of hydrogen-bond donors (Lipinski definition) is 0. The van der Waals surface area contributed by atoms with Crippen molar-refractivity contribution >= 4 is 28.3 Å². The lowest BCUT2D eigenvalue weighted by Gasteiger charge is -2.20. The largest absolute Gasteiger partial charge is 0.462 e. The number of amides is 1. The van der Waals surface area contributed by atoms with Gasteiger partial charge in [0.2, 0.25) is 5.95 Å². The van der Waals surface area contributed by atoms with Gasteiger partial charge in [0.25, 0.3) is 5.91 Å². The van der Waals surface area contributed by atoms with Gasteiger partial charge in [-0.25, -0.2) is 19.2 Å². The van der Waals surface area contributed by atoms with Crippen LogP contribution in [0.1, 0.15) is 38.2 Å². The Labute approximate surface area is 169 Å². The molecule has 0 radical (unpaired) electrons. The Morgan fingerprint density at radius 1 is 1.17 bits per heavy atom. The van der Waals surface area contributed by atoms with E-state index in [0.717, 1.165) is 17.4 Å². The van der Waals surface area contributed by atoms with Gasteiger partial charge >= 0.3 is 5.97 Å². The maximum absolute atomic E-state index is 13.5. The molecule has 1 amide bonds. The van der Waals surface area contributed by atoms with Crippen LogP contribution in [0.4, 0.5) is 13.9 Å². The maximum atomic E-state index is 13.5. The van der Waals surface area contributed by atoms with Crippen molar-refractivity contribution in [3.8, 4) is 0 Å². The first-order valence-corrected chi connectivity index (χ1v) is 9.53. The molecule has 2 aromatic heterocycles. The Kier molecular flexibility index (Phi) is 6.28. The van der Waals surface area contributed by atoms with E-state index in [4.69, 9.17) is 4.74 Å². The summed E-state index contributed by atoms with van der Waals surface area (Å²) in [6.45, 7) is 3.59. The zero-order chi connectivity index (χ0) is 21.0. The number of thiazole rings is 1. The van der Waals surface area contributed by atoms with E-state index in [1.54, 1.807) is 13.8 Å². The van der Waals surface area contributed by atoms with E-state index < -0.39 is 23.6 Å². The highest BCUT2D eigenvalue weighted by Gasteiger charge is 2.25. The fourth-order valence-electron chi connectivity index (χ4n) is 2.57. The molecular weight excluding hydrogens is 400 g/mol. The molecule has 6 nitrogen and oxygen atoms in total. The summed E-state index contributed by atoms with van der Waals surface area (Å²) < 4.78 is 31.8. The molecule has 0 aliphatic rings. The van der Waals surface area contributed by atoms with E-state index in [-0.39, 0.29) is 28.7 Å². The van der Waals surface area contributed by atoms with Gasteiger partial charge in [-0.3, -0.25) is 9.69 Å². The monoisotopic (exact) mass is 417 g/mol. The Balaban J connectivity index is 2.00.